The first-order valence-corrected chi connectivity index (χ1v) is 14.1. The van der Waals surface area contributed by atoms with E-state index in [-0.39, 0.29) is 17.8 Å². The first kappa shape index (κ1) is 25.7. The lowest BCUT2D eigenvalue weighted by atomic mass is 9.94. The Morgan fingerprint density at radius 1 is 1.05 bits per heavy atom. The van der Waals surface area contributed by atoms with E-state index >= 15 is 0 Å². The maximum atomic E-state index is 13.6. The van der Waals surface area contributed by atoms with Crippen molar-refractivity contribution in [1.82, 2.24) is 4.90 Å². The second-order valence-electron chi connectivity index (χ2n) is 9.41. The molecule has 3 aromatic carbocycles. The van der Waals surface area contributed by atoms with Crippen LogP contribution in [0.5, 0.6) is 5.75 Å². The van der Waals surface area contributed by atoms with Crippen LogP contribution in [0.2, 0.25) is 0 Å². The Bertz CT molecular complexity index is 1330. The molecule has 1 saturated carbocycles. The zero-order valence-electron chi connectivity index (χ0n) is 20.6. The van der Waals surface area contributed by atoms with Gasteiger partial charge in [-0.1, -0.05) is 55.2 Å². The monoisotopic (exact) mass is 578 g/mol. The Hall–Kier alpha value is -2.90. The fourth-order valence-electron chi connectivity index (χ4n) is 4.57. The van der Waals surface area contributed by atoms with E-state index in [1.165, 1.54) is 35.9 Å². The van der Waals surface area contributed by atoms with Crippen molar-refractivity contribution in [2.75, 3.05) is 0 Å². The van der Waals surface area contributed by atoms with Gasteiger partial charge in [0.1, 0.15) is 18.2 Å². The number of carbonyl (C=O) groups excluding carboxylic acids is 1. The Labute approximate surface area is 229 Å². The number of nitrogens with zero attached hydrogens (tertiary/aromatic N) is 2. The molecule has 1 aliphatic carbocycles. The van der Waals surface area contributed by atoms with Crippen LogP contribution in [-0.4, -0.2) is 22.0 Å². The molecule has 1 heterocycles. The van der Waals surface area contributed by atoms with Crippen LogP contribution in [0.25, 0.3) is 6.08 Å². The van der Waals surface area contributed by atoms with E-state index in [1.807, 2.05) is 53.4 Å². The van der Waals surface area contributed by atoms with Gasteiger partial charge in [-0.15, -0.1) is 0 Å². The van der Waals surface area contributed by atoms with E-state index < -0.39 is 0 Å². The molecule has 5 rings (SSSR count). The van der Waals surface area contributed by atoms with Crippen molar-refractivity contribution in [2.24, 2.45) is 4.99 Å². The first-order chi connectivity index (χ1) is 18.0. The van der Waals surface area contributed by atoms with Crippen molar-refractivity contribution in [2.45, 2.75) is 51.7 Å². The molecule has 2 aliphatic rings. The molecule has 1 aliphatic heterocycles. The zero-order valence-corrected chi connectivity index (χ0v) is 23.0. The molecule has 0 N–H and O–H groups in total. The third-order valence-corrected chi connectivity index (χ3v) is 8.20. The molecule has 1 amide bonds. The van der Waals surface area contributed by atoms with Gasteiger partial charge in [-0.3, -0.25) is 9.69 Å². The summed E-state index contributed by atoms with van der Waals surface area (Å²) in [7, 11) is 0. The number of hydrogen-bond donors (Lipinski definition) is 0. The fourth-order valence-corrected chi connectivity index (χ4v) is 6.14. The van der Waals surface area contributed by atoms with Crippen LogP contribution in [0.1, 0.15) is 48.8 Å². The number of benzene rings is 3. The maximum Gasteiger partial charge on any atom is 0.267 e. The quantitative estimate of drug-likeness (QED) is 0.276. The minimum Gasteiger partial charge on any atom is -0.488 e. The van der Waals surface area contributed by atoms with Gasteiger partial charge in [0.15, 0.2) is 5.17 Å². The minimum absolute atomic E-state index is 0.0236. The maximum absolute atomic E-state index is 13.6. The molecule has 0 aromatic heterocycles. The molecule has 4 nitrogen and oxygen atoms in total. The summed E-state index contributed by atoms with van der Waals surface area (Å²) < 4.78 is 19.8. The number of amidine groups is 1. The van der Waals surface area contributed by atoms with Crippen molar-refractivity contribution in [3.05, 3.63) is 98.6 Å². The Morgan fingerprint density at radius 3 is 2.49 bits per heavy atom. The number of carbonyl (C=O) groups is 1. The average Bonchev–Trinajstić information content (AvgIpc) is 3.20. The second kappa shape index (κ2) is 11.7. The molecular formula is C30H28BrFN2O2S. The number of ether oxygens (including phenoxy) is 1. The number of hydrogen-bond acceptors (Lipinski definition) is 4. The normalized spacial score (nSPS) is 18.7. The Morgan fingerprint density at radius 2 is 1.78 bits per heavy atom. The molecule has 0 spiro atoms. The predicted octanol–water partition coefficient (Wildman–Crippen LogP) is 8.41. The molecule has 0 radical (unpaired) electrons. The van der Waals surface area contributed by atoms with E-state index in [2.05, 4.69) is 22.9 Å². The van der Waals surface area contributed by atoms with Gasteiger partial charge in [0, 0.05) is 6.04 Å². The molecule has 37 heavy (non-hydrogen) atoms. The van der Waals surface area contributed by atoms with Crippen LogP contribution < -0.4 is 4.74 Å². The van der Waals surface area contributed by atoms with Crippen LogP contribution in [0.3, 0.4) is 0 Å². The SMILES string of the molecule is Cc1ccc(N=C2S/C(=C/c3ccc(OCc4ccc(F)cc4)c(Br)c3)C(=O)N2C2CCCCC2)cc1. The number of rotatable bonds is 6. The topological polar surface area (TPSA) is 41.9 Å². The zero-order chi connectivity index (χ0) is 25.8. The standard InChI is InChI=1S/C30H28BrFN2O2S/c1-20-7-14-24(15-8-20)33-30-34(25-5-3-2-4-6-25)29(35)28(37-30)18-22-11-16-27(26(31)17-22)36-19-21-9-12-23(32)13-10-21/h7-18,25H,2-6,19H2,1H3/b28-18+,33-30?. The first-order valence-electron chi connectivity index (χ1n) is 12.5. The number of amides is 1. The number of thioether (sulfide) groups is 1. The van der Waals surface area contributed by atoms with Gasteiger partial charge in [-0.05, 0) is 101 Å². The van der Waals surface area contributed by atoms with Crippen molar-refractivity contribution < 1.29 is 13.9 Å². The number of aliphatic imine (C=N–C) groups is 1. The van der Waals surface area contributed by atoms with E-state index in [4.69, 9.17) is 9.73 Å². The third-order valence-electron chi connectivity index (χ3n) is 6.60. The largest absolute Gasteiger partial charge is 0.488 e. The Balaban J connectivity index is 1.37. The average molecular weight is 580 g/mol. The lowest BCUT2D eigenvalue weighted by Crippen LogP contribution is -2.40. The highest BCUT2D eigenvalue weighted by molar-refractivity contribution is 9.10. The van der Waals surface area contributed by atoms with Crippen LogP contribution in [-0.2, 0) is 11.4 Å². The summed E-state index contributed by atoms with van der Waals surface area (Å²) in [5.74, 6) is 0.439. The molecule has 1 saturated heterocycles. The van der Waals surface area contributed by atoms with E-state index in [0.29, 0.717) is 17.3 Å². The van der Waals surface area contributed by atoms with Crippen LogP contribution in [0.15, 0.2) is 81.1 Å². The van der Waals surface area contributed by atoms with Gasteiger partial charge in [0.2, 0.25) is 0 Å². The van der Waals surface area contributed by atoms with Crippen molar-refractivity contribution in [3.63, 3.8) is 0 Å². The van der Waals surface area contributed by atoms with Gasteiger partial charge in [0.05, 0.1) is 15.1 Å². The molecule has 190 valence electrons. The van der Waals surface area contributed by atoms with Crippen molar-refractivity contribution in [1.29, 1.82) is 0 Å². The van der Waals surface area contributed by atoms with E-state index in [1.54, 1.807) is 12.1 Å². The summed E-state index contributed by atoms with van der Waals surface area (Å²) >= 11 is 5.04. The molecule has 0 atom stereocenters. The highest BCUT2D eigenvalue weighted by Crippen LogP contribution is 2.39. The van der Waals surface area contributed by atoms with Crippen molar-refractivity contribution in [3.8, 4) is 5.75 Å². The highest BCUT2D eigenvalue weighted by atomic mass is 79.9. The fraction of sp³-hybridized carbons (Fsp3) is 0.267. The van der Waals surface area contributed by atoms with Gasteiger partial charge >= 0.3 is 0 Å². The molecule has 0 bridgehead atoms. The molecule has 3 aromatic rings. The highest BCUT2D eigenvalue weighted by Gasteiger charge is 2.38. The summed E-state index contributed by atoms with van der Waals surface area (Å²) in [6.45, 7) is 2.39. The summed E-state index contributed by atoms with van der Waals surface area (Å²) in [6.07, 6.45) is 7.46. The minimum atomic E-state index is -0.268. The molecule has 7 heteroatoms. The van der Waals surface area contributed by atoms with E-state index in [0.717, 1.165) is 52.1 Å². The summed E-state index contributed by atoms with van der Waals surface area (Å²) in [5.41, 5.74) is 3.82. The number of aryl methyl sites for hydroxylation is 1. The van der Waals surface area contributed by atoms with Gasteiger partial charge in [-0.25, -0.2) is 9.38 Å². The van der Waals surface area contributed by atoms with Gasteiger partial charge in [-0.2, -0.15) is 0 Å². The van der Waals surface area contributed by atoms with Crippen LogP contribution in [0, 0.1) is 12.7 Å². The van der Waals surface area contributed by atoms with E-state index in [9.17, 15) is 9.18 Å². The van der Waals surface area contributed by atoms with Crippen LogP contribution in [0.4, 0.5) is 10.1 Å². The van der Waals surface area contributed by atoms with Gasteiger partial charge in [0.25, 0.3) is 5.91 Å². The molecule has 2 fully saturated rings. The third kappa shape index (κ3) is 6.33. The summed E-state index contributed by atoms with van der Waals surface area (Å²) in [5, 5.41) is 0.755. The smallest absolute Gasteiger partial charge is 0.267 e. The molecular weight excluding hydrogens is 551 g/mol. The second-order valence-corrected chi connectivity index (χ2v) is 11.3. The summed E-state index contributed by atoms with van der Waals surface area (Å²) in [4.78, 5) is 21.1. The predicted molar refractivity (Wildman–Crippen MR) is 152 cm³/mol. The van der Waals surface area contributed by atoms with Crippen LogP contribution >= 0.6 is 27.7 Å². The Kier molecular flexibility index (Phi) is 8.11. The number of halogens is 2. The summed E-state index contributed by atoms with van der Waals surface area (Å²) in [6, 6.07) is 20.3. The molecule has 0 unspecified atom stereocenters. The van der Waals surface area contributed by atoms with Gasteiger partial charge < -0.3 is 4.74 Å². The van der Waals surface area contributed by atoms with Crippen molar-refractivity contribution >= 4 is 50.5 Å². The lowest BCUT2D eigenvalue weighted by molar-refractivity contribution is -0.124. The lowest BCUT2D eigenvalue weighted by Gasteiger charge is -2.30.